The van der Waals surface area contributed by atoms with Gasteiger partial charge in [0.25, 0.3) is 0 Å². The zero-order chi connectivity index (χ0) is 9.98. The van der Waals surface area contributed by atoms with Gasteiger partial charge in [0.15, 0.2) is 0 Å². The molecule has 12 heavy (non-hydrogen) atoms. The third-order valence-electron chi connectivity index (χ3n) is 1.32. The quantitative estimate of drug-likeness (QED) is 0.535. The third kappa shape index (κ3) is 6.02. The van der Waals surface area contributed by atoms with Crippen molar-refractivity contribution < 1.29 is 4.74 Å². The Hall–Kier alpha value is -0.720. The third-order valence-corrected chi connectivity index (χ3v) is 1.32. The predicted octanol–water partition coefficient (Wildman–Crippen LogP) is 3.92. The lowest BCUT2D eigenvalue weighted by molar-refractivity contribution is 0.242. The highest BCUT2D eigenvalue weighted by molar-refractivity contribution is 5.21. The van der Waals surface area contributed by atoms with Gasteiger partial charge in [-0.3, -0.25) is 0 Å². The molecule has 0 aromatic heterocycles. The lowest BCUT2D eigenvalue weighted by atomic mass is 10.2. The molecule has 0 radical (unpaired) electrons. The molecule has 1 heterocycles. The fraction of sp³-hybridized carbons (Fsp3) is 0.636. The minimum absolute atomic E-state index is 0.739. The van der Waals surface area contributed by atoms with Crippen molar-refractivity contribution in [2.75, 3.05) is 6.61 Å². The van der Waals surface area contributed by atoms with Crippen molar-refractivity contribution in [3.63, 3.8) is 0 Å². The Morgan fingerprint density at radius 3 is 1.83 bits per heavy atom. The molecule has 0 aliphatic carbocycles. The zero-order valence-electron chi connectivity index (χ0n) is 9.27. The van der Waals surface area contributed by atoms with Gasteiger partial charge in [-0.05, 0) is 25.5 Å². The molecule has 0 aromatic rings. The molecule has 0 saturated carbocycles. The van der Waals surface area contributed by atoms with Crippen LogP contribution in [0.1, 0.15) is 41.5 Å². The maximum atomic E-state index is 5.18. The molecule has 72 valence electrons. The highest BCUT2D eigenvalue weighted by atomic mass is 16.5. The van der Waals surface area contributed by atoms with Gasteiger partial charge in [0.2, 0.25) is 0 Å². The summed E-state index contributed by atoms with van der Waals surface area (Å²) in [6.45, 7) is 12.8. The molecule has 1 aliphatic heterocycles. The molecular weight excluding hydrogens is 148 g/mol. The van der Waals surface area contributed by atoms with Crippen molar-refractivity contribution in [2.45, 2.75) is 41.5 Å². The van der Waals surface area contributed by atoms with E-state index in [1.54, 1.807) is 0 Å². The van der Waals surface area contributed by atoms with Crippen molar-refractivity contribution in [2.24, 2.45) is 0 Å². The van der Waals surface area contributed by atoms with Gasteiger partial charge >= 0.3 is 0 Å². The van der Waals surface area contributed by atoms with E-state index in [-0.39, 0.29) is 0 Å². The molecule has 0 atom stereocenters. The van der Waals surface area contributed by atoms with E-state index in [9.17, 15) is 0 Å². The molecule has 0 saturated heterocycles. The Labute approximate surface area is 77.1 Å². The van der Waals surface area contributed by atoms with E-state index in [4.69, 9.17) is 4.74 Å². The van der Waals surface area contributed by atoms with Crippen molar-refractivity contribution in [1.29, 1.82) is 0 Å². The number of hydrogen-bond acceptors (Lipinski definition) is 1. The normalized spacial score (nSPS) is 13.5. The van der Waals surface area contributed by atoms with Crippen molar-refractivity contribution >= 4 is 0 Å². The van der Waals surface area contributed by atoms with Gasteiger partial charge < -0.3 is 4.74 Å². The van der Waals surface area contributed by atoms with Gasteiger partial charge in [0.1, 0.15) is 6.61 Å². The summed E-state index contributed by atoms with van der Waals surface area (Å²) in [5.74, 6) is 1.05. The maximum Gasteiger partial charge on any atom is 0.106 e. The van der Waals surface area contributed by atoms with E-state index in [1.807, 2.05) is 47.6 Å². The fourth-order valence-corrected chi connectivity index (χ4v) is 0.629. The van der Waals surface area contributed by atoms with E-state index in [0.29, 0.717) is 0 Å². The molecule has 0 unspecified atom stereocenters. The summed E-state index contributed by atoms with van der Waals surface area (Å²) in [5, 5.41) is 0. The average molecular weight is 170 g/mol. The molecule has 1 rings (SSSR count). The van der Waals surface area contributed by atoms with Crippen LogP contribution in [0.25, 0.3) is 0 Å². The summed E-state index contributed by atoms with van der Waals surface area (Å²) in [7, 11) is 0. The molecule has 0 fully saturated rings. The first-order valence-electron chi connectivity index (χ1n) is 4.77. The van der Waals surface area contributed by atoms with E-state index < -0.39 is 0 Å². The van der Waals surface area contributed by atoms with Gasteiger partial charge in [-0.2, -0.15) is 0 Å². The number of hydrogen-bond donors (Lipinski definition) is 0. The average Bonchev–Trinajstić information content (AvgIpc) is 2.17. The summed E-state index contributed by atoms with van der Waals surface area (Å²) in [6.07, 6.45) is 4.10. The van der Waals surface area contributed by atoms with Crippen LogP contribution in [0.5, 0.6) is 0 Å². The molecule has 0 aromatic carbocycles. The number of ether oxygens (including phenoxy) is 1. The van der Waals surface area contributed by atoms with Crippen LogP contribution in [0.15, 0.2) is 23.5 Å². The second-order valence-corrected chi connectivity index (χ2v) is 1.95. The van der Waals surface area contributed by atoms with E-state index in [1.165, 1.54) is 5.57 Å². The van der Waals surface area contributed by atoms with Crippen LogP contribution in [0.2, 0.25) is 0 Å². The standard InChI is InChI=1S/C7H10O.2C2H6/c1-6-4-3-5-8-7(6)2;2*1-2/h3-4H,5H2,1-2H3;2*1-2H3. The van der Waals surface area contributed by atoms with Crippen LogP contribution in [0.3, 0.4) is 0 Å². The fourth-order valence-electron chi connectivity index (χ4n) is 0.629. The summed E-state index contributed by atoms with van der Waals surface area (Å²) in [4.78, 5) is 0. The smallest absolute Gasteiger partial charge is 0.106 e. The highest BCUT2D eigenvalue weighted by Crippen LogP contribution is 2.10. The first-order valence-corrected chi connectivity index (χ1v) is 4.77. The highest BCUT2D eigenvalue weighted by Gasteiger charge is 1.96. The Morgan fingerprint density at radius 2 is 1.58 bits per heavy atom. The minimum atomic E-state index is 0.739. The Bertz CT molecular complexity index is 143. The largest absolute Gasteiger partial charge is 0.494 e. The Kier molecular flexibility index (Phi) is 11.9. The lowest BCUT2D eigenvalue weighted by Gasteiger charge is -2.09. The van der Waals surface area contributed by atoms with Crippen LogP contribution in [0, 0.1) is 0 Å². The van der Waals surface area contributed by atoms with Gasteiger partial charge in [-0.1, -0.05) is 33.8 Å². The molecule has 0 bridgehead atoms. The molecule has 1 aliphatic rings. The molecular formula is C11H22O. The van der Waals surface area contributed by atoms with Gasteiger partial charge in [-0.15, -0.1) is 0 Å². The Balaban J connectivity index is 0. The number of rotatable bonds is 0. The van der Waals surface area contributed by atoms with E-state index in [2.05, 4.69) is 6.08 Å². The van der Waals surface area contributed by atoms with Crippen molar-refractivity contribution in [1.82, 2.24) is 0 Å². The topological polar surface area (TPSA) is 9.23 Å². The molecule has 0 amide bonds. The van der Waals surface area contributed by atoms with Crippen LogP contribution < -0.4 is 0 Å². The van der Waals surface area contributed by atoms with Crippen molar-refractivity contribution in [3.05, 3.63) is 23.5 Å². The summed E-state index contributed by atoms with van der Waals surface area (Å²) in [6, 6.07) is 0. The SMILES string of the molecule is CC.CC.CC1=C(C)OCC=C1. The van der Waals surface area contributed by atoms with Crippen LogP contribution in [-0.2, 0) is 4.74 Å². The monoisotopic (exact) mass is 170 g/mol. The lowest BCUT2D eigenvalue weighted by Crippen LogP contribution is -1.95. The van der Waals surface area contributed by atoms with Gasteiger partial charge in [0.05, 0.1) is 5.76 Å². The molecule has 0 N–H and O–H groups in total. The Morgan fingerprint density at radius 1 is 1.08 bits per heavy atom. The van der Waals surface area contributed by atoms with Crippen LogP contribution in [0.4, 0.5) is 0 Å². The molecule has 1 nitrogen and oxygen atoms in total. The summed E-state index contributed by atoms with van der Waals surface area (Å²) >= 11 is 0. The van der Waals surface area contributed by atoms with E-state index in [0.717, 1.165) is 12.4 Å². The van der Waals surface area contributed by atoms with E-state index >= 15 is 0 Å². The van der Waals surface area contributed by atoms with Crippen LogP contribution >= 0.6 is 0 Å². The summed E-state index contributed by atoms with van der Waals surface area (Å²) in [5.41, 5.74) is 1.23. The van der Waals surface area contributed by atoms with Crippen molar-refractivity contribution in [3.8, 4) is 0 Å². The van der Waals surface area contributed by atoms with Crippen LogP contribution in [-0.4, -0.2) is 6.61 Å². The molecule has 1 heteroatoms. The predicted molar refractivity (Wildman–Crippen MR) is 56.2 cm³/mol. The summed E-state index contributed by atoms with van der Waals surface area (Å²) < 4.78 is 5.18. The first kappa shape index (κ1) is 13.8. The van der Waals surface area contributed by atoms with Gasteiger partial charge in [-0.25, -0.2) is 0 Å². The second kappa shape index (κ2) is 10.3. The molecule has 0 spiro atoms. The first-order chi connectivity index (χ1) is 5.80. The maximum absolute atomic E-state index is 5.18. The zero-order valence-corrected chi connectivity index (χ0v) is 9.27. The van der Waals surface area contributed by atoms with Gasteiger partial charge in [0, 0.05) is 0 Å². The second-order valence-electron chi connectivity index (χ2n) is 1.95. The number of allylic oxidation sites excluding steroid dienone is 3. The minimum Gasteiger partial charge on any atom is -0.494 e.